The molecule has 0 bridgehead atoms. The number of alkyl halides is 2. The van der Waals surface area contributed by atoms with Crippen molar-refractivity contribution < 1.29 is 22.7 Å². The van der Waals surface area contributed by atoms with Gasteiger partial charge in [0, 0.05) is 0 Å². The Morgan fingerprint density at radius 2 is 2.27 bits per heavy atom. The summed E-state index contributed by atoms with van der Waals surface area (Å²) in [4.78, 5) is 12.1. The van der Waals surface area contributed by atoms with Crippen LogP contribution in [-0.4, -0.2) is 49.6 Å². The van der Waals surface area contributed by atoms with Crippen LogP contribution in [-0.2, 0) is 30.1 Å². The molecule has 2 saturated heterocycles. The highest BCUT2D eigenvalue weighted by Crippen LogP contribution is 2.61. The average molecular weight is 424 g/mol. The van der Waals surface area contributed by atoms with Crippen molar-refractivity contribution in [3.8, 4) is 0 Å². The first kappa shape index (κ1) is 18.4. The molecule has 2 aliphatic heterocycles. The van der Waals surface area contributed by atoms with E-state index in [1.165, 1.54) is 17.2 Å². The van der Waals surface area contributed by atoms with Crippen LogP contribution < -0.4 is 5.73 Å². The fraction of sp³-hybridized carbons (Fsp3) is 0.615. The molecule has 5 atom stereocenters. The van der Waals surface area contributed by atoms with Crippen molar-refractivity contribution >= 4 is 47.1 Å². The van der Waals surface area contributed by atoms with E-state index in [-0.39, 0.29) is 18.5 Å². The summed E-state index contributed by atoms with van der Waals surface area (Å²) in [6, 6.07) is 0. The molecule has 2 fully saturated rings. The van der Waals surface area contributed by atoms with E-state index in [0.29, 0.717) is 11.2 Å². The van der Waals surface area contributed by atoms with Crippen LogP contribution in [0.3, 0.4) is 0 Å². The van der Waals surface area contributed by atoms with Gasteiger partial charge in [0.15, 0.2) is 17.7 Å². The third-order valence-electron chi connectivity index (χ3n) is 3.97. The van der Waals surface area contributed by atoms with Crippen molar-refractivity contribution in [3.05, 3.63) is 12.7 Å². The van der Waals surface area contributed by atoms with Gasteiger partial charge in [-0.15, -0.1) is 0 Å². The second kappa shape index (κ2) is 6.30. The van der Waals surface area contributed by atoms with Gasteiger partial charge in [0.1, 0.15) is 24.1 Å². The van der Waals surface area contributed by atoms with Crippen LogP contribution in [0, 0.1) is 0 Å². The Labute approximate surface area is 158 Å². The number of fused-ring (bicyclic) bond motifs is 2. The summed E-state index contributed by atoms with van der Waals surface area (Å²) in [5, 5.41) is -2.44. The molecule has 2 aliphatic rings. The number of aromatic nitrogens is 4. The van der Waals surface area contributed by atoms with Gasteiger partial charge in [0.05, 0.1) is 19.0 Å². The summed E-state index contributed by atoms with van der Waals surface area (Å²) in [6.07, 6.45) is -0.826. The zero-order valence-electron chi connectivity index (χ0n) is 13.8. The first-order chi connectivity index (χ1) is 12.2. The summed E-state index contributed by atoms with van der Waals surface area (Å²) in [7, 11) is 0. The number of nitrogen functional groups attached to an aromatic ring is 1. The van der Waals surface area contributed by atoms with Crippen LogP contribution in [0.2, 0.25) is 0 Å². The number of anilines is 1. The fourth-order valence-corrected chi connectivity index (χ4v) is 5.89. The SMILES string of the molecule is CC(C)O[P@@]1(=S)OC[C@H]2O[C@@H](n3cnc4c(N)ncnc43)[C@](F)(Cl)[C@@H]2O1. The van der Waals surface area contributed by atoms with E-state index in [2.05, 4.69) is 15.0 Å². The van der Waals surface area contributed by atoms with Gasteiger partial charge in [-0.3, -0.25) is 9.09 Å². The summed E-state index contributed by atoms with van der Waals surface area (Å²) >= 11 is 11.5. The number of hydrogen-bond donors (Lipinski definition) is 1. The monoisotopic (exact) mass is 423 g/mol. The molecule has 2 aromatic rings. The van der Waals surface area contributed by atoms with Crippen molar-refractivity contribution in [3.63, 3.8) is 0 Å². The lowest BCUT2D eigenvalue weighted by Crippen LogP contribution is -2.43. The topological polar surface area (TPSA) is 107 Å². The van der Waals surface area contributed by atoms with Crippen molar-refractivity contribution in [1.82, 2.24) is 19.5 Å². The molecule has 0 aliphatic carbocycles. The molecule has 26 heavy (non-hydrogen) atoms. The lowest BCUT2D eigenvalue weighted by Gasteiger charge is -2.35. The Kier molecular flexibility index (Phi) is 4.47. The molecule has 2 N–H and O–H groups in total. The van der Waals surface area contributed by atoms with Crippen molar-refractivity contribution in [2.45, 2.75) is 43.5 Å². The summed E-state index contributed by atoms with van der Waals surface area (Å²) < 4.78 is 39.3. The zero-order valence-corrected chi connectivity index (χ0v) is 16.2. The standard InChI is InChI=1S/C13H16ClFN5O4PS/c1-6(2)23-25(26)21-3-7-9(24-25)13(14,15)12(22-7)20-5-19-8-10(16)17-4-18-11(8)20/h4-7,9,12H,3H2,1-2H3,(H2,16,17,18)/t7-,9-,12-,13+,25+/m1/s1. The second-order valence-corrected chi connectivity index (χ2v) is 9.70. The Balaban J connectivity index is 1.68. The third-order valence-corrected chi connectivity index (χ3v) is 6.83. The normalized spacial score (nSPS) is 37.3. The molecule has 4 rings (SSSR count). The molecular weight excluding hydrogens is 408 g/mol. The van der Waals surface area contributed by atoms with E-state index in [4.69, 9.17) is 47.4 Å². The molecule has 0 unspecified atom stereocenters. The molecule has 0 saturated carbocycles. The number of halogens is 2. The Morgan fingerprint density at radius 3 is 3.00 bits per heavy atom. The van der Waals surface area contributed by atoms with Crippen LogP contribution in [0.5, 0.6) is 0 Å². The molecule has 0 spiro atoms. The Morgan fingerprint density at radius 1 is 1.50 bits per heavy atom. The Bertz CT molecular complexity index is 899. The van der Waals surface area contributed by atoms with Gasteiger partial charge in [-0.1, -0.05) is 11.6 Å². The minimum Gasteiger partial charge on any atom is -0.382 e. The molecule has 142 valence electrons. The average Bonchev–Trinajstić information content (AvgIpc) is 3.07. The van der Waals surface area contributed by atoms with E-state index in [0.717, 1.165) is 0 Å². The first-order valence-electron chi connectivity index (χ1n) is 7.79. The predicted molar refractivity (Wildman–Crippen MR) is 94.7 cm³/mol. The Hall–Kier alpha value is -0.940. The maximum atomic E-state index is 15.5. The quantitative estimate of drug-likeness (QED) is 0.587. The molecular formula is C13H16ClFN5O4PS. The minimum absolute atomic E-state index is 0.00725. The van der Waals surface area contributed by atoms with Crippen LogP contribution in [0.15, 0.2) is 12.7 Å². The highest BCUT2D eigenvalue weighted by atomic mass is 35.5. The van der Waals surface area contributed by atoms with Crippen molar-refractivity contribution in [1.29, 1.82) is 0 Å². The zero-order chi connectivity index (χ0) is 18.7. The second-order valence-electron chi connectivity index (χ2n) is 6.21. The molecule has 4 heterocycles. The molecule has 9 nitrogen and oxygen atoms in total. The maximum Gasteiger partial charge on any atom is 0.328 e. The first-order valence-corrected chi connectivity index (χ1v) is 10.7. The third kappa shape index (κ3) is 2.91. The van der Waals surface area contributed by atoms with Gasteiger partial charge in [-0.05, 0) is 25.7 Å². The van der Waals surface area contributed by atoms with E-state index < -0.39 is 30.3 Å². The highest BCUT2D eigenvalue weighted by molar-refractivity contribution is 8.07. The number of nitrogens with two attached hydrogens (primary N) is 1. The molecule has 0 aromatic carbocycles. The van der Waals surface area contributed by atoms with E-state index in [1.807, 2.05) is 0 Å². The van der Waals surface area contributed by atoms with Crippen molar-refractivity contribution in [2.24, 2.45) is 0 Å². The molecule has 0 amide bonds. The summed E-state index contributed by atoms with van der Waals surface area (Å²) in [5.74, 6) is 0.170. The largest absolute Gasteiger partial charge is 0.382 e. The maximum absolute atomic E-state index is 15.5. The summed E-state index contributed by atoms with van der Waals surface area (Å²) in [6.45, 7) is 0.454. The fourth-order valence-electron chi connectivity index (χ4n) is 2.92. The van der Waals surface area contributed by atoms with Gasteiger partial charge in [-0.2, -0.15) is 0 Å². The molecule has 2 aromatic heterocycles. The van der Waals surface area contributed by atoms with E-state index in [1.54, 1.807) is 13.8 Å². The van der Waals surface area contributed by atoms with E-state index in [9.17, 15) is 0 Å². The van der Waals surface area contributed by atoms with Crippen LogP contribution in [0.25, 0.3) is 11.2 Å². The minimum atomic E-state index is -3.12. The van der Waals surface area contributed by atoms with Crippen LogP contribution in [0.4, 0.5) is 10.2 Å². The van der Waals surface area contributed by atoms with E-state index >= 15 is 4.39 Å². The van der Waals surface area contributed by atoms with Gasteiger partial charge in [0.2, 0.25) is 0 Å². The predicted octanol–water partition coefficient (Wildman–Crippen LogP) is 2.28. The van der Waals surface area contributed by atoms with Gasteiger partial charge >= 0.3 is 6.72 Å². The number of imidazole rings is 1. The van der Waals surface area contributed by atoms with Gasteiger partial charge in [-0.25, -0.2) is 19.3 Å². The van der Waals surface area contributed by atoms with Crippen LogP contribution in [0.1, 0.15) is 20.1 Å². The van der Waals surface area contributed by atoms with Gasteiger partial charge in [0.25, 0.3) is 5.13 Å². The lowest BCUT2D eigenvalue weighted by atomic mass is 10.1. The van der Waals surface area contributed by atoms with Gasteiger partial charge < -0.3 is 19.5 Å². The number of hydrogen-bond acceptors (Lipinski definition) is 9. The lowest BCUT2D eigenvalue weighted by molar-refractivity contribution is -0.0635. The van der Waals surface area contributed by atoms with Crippen LogP contribution >= 0.6 is 18.3 Å². The molecule has 0 radical (unpaired) electrons. The summed E-state index contributed by atoms with van der Waals surface area (Å²) in [5.41, 5.74) is 6.39. The number of ether oxygens (including phenoxy) is 1. The van der Waals surface area contributed by atoms with Crippen molar-refractivity contribution in [2.75, 3.05) is 12.3 Å². The molecule has 13 heteroatoms. The number of nitrogens with zero attached hydrogens (tertiary/aromatic N) is 4. The highest BCUT2D eigenvalue weighted by Gasteiger charge is 2.62. The number of rotatable bonds is 3. The smallest absolute Gasteiger partial charge is 0.328 e.